The first-order valence-electron chi connectivity index (χ1n) is 5.10. The molecule has 1 aromatic heterocycles. The van der Waals surface area contributed by atoms with Crippen molar-refractivity contribution >= 4 is 0 Å². The Hall–Kier alpha value is -1.03. The van der Waals surface area contributed by atoms with E-state index in [4.69, 9.17) is 0 Å². The maximum Gasteiger partial charge on any atom is 0.325 e. The van der Waals surface area contributed by atoms with Crippen molar-refractivity contribution in [3.05, 3.63) is 22.9 Å². The van der Waals surface area contributed by atoms with Crippen molar-refractivity contribution in [3.8, 4) is 0 Å². The summed E-state index contributed by atoms with van der Waals surface area (Å²) < 4.78 is 1.50. The molecule has 0 bridgehead atoms. The van der Waals surface area contributed by atoms with E-state index in [1.165, 1.54) is 4.57 Å². The summed E-state index contributed by atoms with van der Waals surface area (Å²) in [6.45, 7) is 4.49. The minimum absolute atomic E-state index is 0.157. The highest BCUT2D eigenvalue weighted by atomic mass is 16.3. The minimum Gasteiger partial charge on any atom is -0.391 e. The standard InChI is InChI=1S/C10H18N2O2/c1-3-8(4-2)9(13)7-12-6-5-11-10(12)14/h5-6,8-9,13H,3-4,7H2,1-2H3,(H,11,14). The molecule has 0 aromatic carbocycles. The van der Waals surface area contributed by atoms with Gasteiger partial charge in [-0.3, -0.25) is 4.57 Å². The summed E-state index contributed by atoms with van der Waals surface area (Å²) in [5.74, 6) is 0.275. The Morgan fingerprint density at radius 1 is 1.50 bits per heavy atom. The molecule has 1 aromatic rings. The fourth-order valence-corrected chi connectivity index (χ4v) is 1.68. The maximum atomic E-state index is 11.2. The van der Waals surface area contributed by atoms with Crippen LogP contribution < -0.4 is 5.69 Å². The number of rotatable bonds is 5. The molecule has 4 heteroatoms. The van der Waals surface area contributed by atoms with Crippen molar-refractivity contribution in [2.24, 2.45) is 5.92 Å². The SMILES string of the molecule is CCC(CC)C(O)Cn1cc[nH]c1=O. The lowest BCUT2D eigenvalue weighted by atomic mass is 9.96. The Balaban J connectivity index is 2.60. The monoisotopic (exact) mass is 198 g/mol. The molecule has 2 N–H and O–H groups in total. The molecule has 1 atom stereocenters. The van der Waals surface area contributed by atoms with Crippen molar-refractivity contribution in [3.63, 3.8) is 0 Å². The molecule has 14 heavy (non-hydrogen) atoms. The van der Waals surface area contributed by atoms with E-state index in [1.54, 1.807) is 12.4 Å². The predicted octanol–water partition coefficient (Wildman–Crippen LogP) is 0.973. The van der Waals surface area contributed by atoms with Crippen LogP contribution in [0.4, 0.5) is 0 Å². The van der Waals surface area contributed by atoms with E-state index >= 15 is 0 Å². The number of aliphatic hydroxyl groups is 1. The van der Waals surface area contributed by atoms with E-state index in [-0.39, 0.29) is 11.6 Å². The first-order chi connectivity index (χ1) is 6.69. The molecule has 0 amide bonds. The van der Waals surface area contributed by atoms with Gasteiger partial charge in [-0.1, -0.05) is 26.7 Å². The average molecular weight is 198 g/mol. The van der Waals surface area contributed by atoms with Crippen LogP contribution in [0.3, 0.4) is 0 Å². The second-order valence-electron chi connectivity index (χ2n) is 3.56. The van der Waals surface area contributed by atoms with E-state index in [2.05, 4.69) is 18.8 Å². The second-order valence-corrected chi connectivity index (χ2v) is 3.56. The highest BCUT2D eigenvalue weighted by Gasteiger charge is 2.16. The number of hydrogen-bond donors (Lipinski definition) is 2. The summed E-state index contributed by atoms with van der Waals surface area (Å²) in [7, 11) is 0. The Morgan fingerprint density at radius 2 is 2.14 bits per heavy atom. The fraction of sp³-hybridized carbons (Fsp3) is 0.700. The van der Waals surface area contributed by atoms with Crippen LogP contribution in [-0.2, 0) is 6.54 Å². The second kappa shape index (κ2) is 5.00. The van der Waals surface area contributed by atoms with Gasteiger partial charge in [0.15, 0.2) is 0 Å². The first-order valence-corrected chi connectivity index (χ1v) is 5.10. The first kappa shape index (κ1) is 11.0. The Kier molecular flexibility index (Phi) is 3.95. The summed E-state index contributed by atoms with van der Waals surface area (Å²) in [4.78, 5) is 13.7. The molecule has 1 heterocycles. The van der Waals surface area contributed by atoms with Crippen LogP contribution in [0.1, 0.15) is 26.7 Å². The van der Waals surface area contributed by atoms with Crippen molar-refractivity contribution in [2.45, 2.75) is 39.3 Å². The molecule has 1 unspecified atom stereocenters. The van der Waals surface area contributed by atoms with Gasteiger partial charge in [0.25, 0.3) is 0 Å². The molecule has 0 aliphatic rings. The lowest BCUT2D eigenvalue weighted by molar-refractivity contribution is 0.0848. The Labute approximate surface area is 83.6 Å². The Morgan fingerprint density at radius 3 is 2.57 bits per heavy atom. The number of aliphatic hydroxyl groups excluding tert-OH is 1. The van der Waals surface area contributed by atoms with Crippen LogP contribution >= 0.6 is 0 Å². The molecule has 0 saturated heterocycles. The van der Waals surface area contributed by atoms with Crippen LogP contribution in [0.15, 0.2) is 17.2 Å². The van der Waals surface area contributed by atoms with Gasteiger partial charge in [0.1, 0.15) is 0 Å². The van der Waals surface area contributed by atoms with E-state index in [1.807, 2.05) is 0 Å². The smallest absolute Gasteiger partial charge is 0.325 e. The number of nitrogens with zero attached hydrogens (tertiary/aromatic N) is 1. The molecule has 0 fully saturated rings. The third-order valence-corrected chi connectivity index (χ3v) is 2.70. The normalized spacial score (nSPS) is 13.4. The van der Waals surface area contributed by atoms with Gasteiger partial charge in [-0.2, -0.15) is 0 Å². The molecule has 0 aliphatic carbocycles. The van der Waals surface area contributed by atoms with Crippen molar-refractivity contribution in [2.75, 3.05) is 0 Å². The number of H-pyrrole nitrogens is 1. The van der Waals surface area contributed by atoms with Crippen molar-refractivity contribution in [1.29, 1.82) is 0 Å². The zero-order chi connectivity index (χ0) is 10.6. The van der Waals surface area contributed by atoms with Crippen molar-refractivity contribution < 1.29 is 5.11 Å². The van der Waals surface area contributed by atoms with E-state index in [9.17, 15) is 9.90 Å². The third kappa shape index (κ3) is 2.48. The molecule has 80 valence electrons. The zero-order valence-electron chi connectivity index (χ0n) is 8.73. The Bertz CT molecular complexity index is 312. The van der Waals surface area contributed by atoms with E-state index in [0.717, 1.165) is 12.8 Å². The van der Waals surface area contributed by atoms with E-state index in [0.29, 0.717) is 6.54 Å². The topological polar surface area (TPSA) is 58.0 Å². The van der Waals surface area contributed by atoms with Gasteiger partial charge in [0.2, 0.25) is 0 Å². The summed E-state index contributed by atoms with van der Waals surface area (Å²) in [6.07, 6.45) is 4.70. The van der Waals surface area contributed by atoms with Crippen LogP contribution in [0.25, 0.3) is 0 Å². The number of aromatic nitrogens is 2. The lowest BCUT2D eigenvalue weighted by Gasteiger charge is -2.19. The van der Waals surface area contributed by atoms with Crippen molar-refractivity contribution in [1.82, 2.24) is 9.55 Å². The third-order valence-electron chi connectivity index (χ3n) is 2.70. The average Bonchev–Trinajstić information content (AvgIpc) is 2.54. The predicted molar refractivity (Wildman–Crippen MR) is 55.1 cm³/mol. The lowest BCUT2D eigenvalue weighted by Crippen LogP contribution is -2.29. The molecular formula is C10H18N2O2. The minimum atomic E-state index is -0.432. The van der Waals surface area contributed by atoms with Gasteiger partial charge in [-0.15, -0.1) is 0 Å². The van der Waals surface area contributed by atoms with Crippen LogP contribution in [0.5, 0.6) is 0 Å². The number of imidazole rings is 1. The molecular weight excluding hydrogens is 180 g/mol. The highest BCUT2D eigenvalue weighted by Crippen LogP contribution is 2.13. The molecule has 4 nitrogen and oxygen atoms in total. The summed E-state index contributed by atoms with van der Waals surface area (Å²) in [5.41, 5.74) is -0.157. The van der Waals surface area contributed by atoms with Gasteiger partial charge in [-0.05, 0) is 5.92 Å². The summed E-state index contributed by atoms with van der Waals surface area (Å²) in [5, 5.41) is 9.83. The van der Waals surface area contributed by atoms with Gasteiger partial charge in [-0.25, -0.2) is 4.79 Å². The van der Waals surface area contributed by atoms with Gasteiger partial charge < -0.3 is 10.1 Å². The molecule has 1 rings (SSSR count). The summed E-state index contributed by atoms with van der Waals surface area (Å²) in [6, 6.07) is 0. The summed E-state index contributed by atoms with van der Waals surface area (Å²) >= 11 is 0. The zero-order valence-corrected chi connectivity index (χ0v) is 8.73. The molecule has 0 aliphatic heterocycles. The van der Waals surface area contributed by atoms with E-state index < -0.39 is 6.10 Å². The number of hydrogen-bond acceptors (Lipinski definition) is 2. The van der Waals surface area contributed by atoms with Crippen LogP contribution in [-0.4, -0.2) is 20.8 Å². The quantitative estimate of drug-likeness (QED) is 0.740. The molecule has 0 spiro atoms. The number of aromatic amines is 1. The highest BCUT2D eigenvalue weighted by molar-refractivity contribution is 4.78. The van der Waals surface area contributed by atoms with Crippen LogP contribution in [0.2, 0.25) is 0 Å². The number of nitrogens with one attached hydrogen (secondary N) is 1. The van der Waals surface area contributed by atoms with Gasteiger partial charge in [0, 0.05) is 12.4 Å². The van der Waals surface area contributed by atoms with Crippen LogP contribution in [0, 0.1) is 5.92 Å². The van der Waals surface area contributed by atoms with Gasteiger partial charge >= 0.3 is 5.69 Å². The fourth-order valence-electron chi connectivity index (χ4n) is 1.68. The maximum absolute atomic E-state index is 11.2. The van der Waals surface area contributed by atoms with Gasteiger partial charge in [0.05, 0.1) is 12.6 Å². The molecule has 0 radical (unpaired) electrons. The molecule has 0 saturated carbocycles. The largest absolute Gasteiger partial charge is 0.391 e.